The van der Waals surface area contributed by atoms with Crippen molar-refractivity contribution in [2.24, 2.45) is 0 Å². The van der Waals surface area contributed by atoms with Crippen LogP contribution in [-0.4, -0.2) is 22.2 Å². The standard InChI is InChI=1S/C26H24N2O4S2/c1-3-19(33-21-11-7-5-9-17(21)27)23-15(25(29)30)13-14-16(26(31)32)24(23)20(4-2)34-22-12-8-6-10-18(22)28/h3-14,19-20H,1-2,27-28H2,(H,29,30)(H,31,32). The number of anilines is 2. The van der Waals surface area contributed by atoms with E-state index in [4.69, 9.17) is 11.5 Å². The molecule has 6 N–H and O–H groups in total. The molecule has 2 unspecified atom stereocenters. The van der Waals surface area contributed by atoms with Gasteiger partial charge in [-0.05, 0) is 47.5 Å². The summed E-state index contributed by atoms with van der Waals surface area (Å²) >= 11 is 2.61. The van der Waals surface area contributed by atoms with Crippen molar-refractivity contribution < 1.29 is 19.8 Å². The maximum absolute atomic E-state index is 12.2. The number of hydrogen-bond donors (Lipinski definition) is 4. The first-order chi connectivity index (χ1) is 16.3. The Morgan fingerprint density at radius 2 is 1.06 bits per heavy atom. The van der Waals surface area contributed by atoms with E-state index in [1.165, 1.54) is 35.7 Å². The lowest BCUT2D eigenvalue weighted by molar-refractivity contribution is 0.0679. The van der Waals surface area contributed by atoms with Crippen molar-refractivity contribution in [3.05, 3.63) is 108 Å². The molecule has 3 aromatic carbocycles. The van der Waals surface area contributed by atoms with Gasteiger partial charge < -0.3 is 21.7 Å². The van der Waals surface area contributed by atoms with Crippen LogP contribution in [-0.2, 0) is 0 Å². The van der Waals surface area contributed by atoms with E-state index in [9.17, 15) is 19.8 Å². The van der Waals surface area contributed by atoms with Gasteiger partial charge in [0.2, 0.25) is 0 Å². The Morgan fingerprint density at radius 3 is 1.35 bits per heavy atom. The lowest BCUT2D eigenvalue weighted by Gasteiger charge is -2.25. The Hall–Kier alpha value is -3.62. The van der Waals surface area contributed by atoms with E-state index in [1.807, 2.05) is 24.3 Å². The molecule has 0 aliphatic rings. The number of benzene rings is 3. The van der Waals surface area contributed by atoms with Gasteiger partial charge in [-0.1, -0.05) is 36.4 Å². The third-order valence-corrected chi connectivity index (χ3v) is 7.71. The van der Waals surface area contributed by atoms with Gasteiger partial charge in [0.05, 0.1) is 21.6 Å². The Balaban J connectivity index is 2.26. The Bertz CT molecular complexity index is 1160. The second-order valence-corrected chi connectivity index (χ2v) is 9.59. The van der Waals surface area contributed by atoms with Crippen LogP contribution in [0.15, 0.2) is 95.8 Å². The Labute approximate surface area is 206 Å². The summed E-state index contributed by atoms with van der Waals surface area (Å²) in [7, 11) is 0. The first-order valence-electron chi connectivity index (χ1n) is 10.2. The maximum Gasteiger partial charge on any atom is 0.336 e. The van der Waals surface area contributed by atoms with Gasteiger partial charge in [0.25, 0.3) is 0 Å². The average molecular weight is 493 g/mol. The minimum atomic E-state index is -1.17. The highest BCUT2D eigenvalue weighted by molar-refractivity contribution is 8.00. The molecular weight excluding hydrogens is 468 g/mol. The molecule has 0 radical (unpaired) electrons. The summed E-state index contributed by atoms with van der Waals surface area (Å²) in [6.07, 6.45) is 3.19. The number of nitrogen functional groups attached to an aromatic ring is 2. The summed E-state index contributed by atoms with van der Waals surface area (Å²) in [4.78, 5) is 26.0. The first-order valence-corrected chi connectivity index (χ1v) is 11.9. The highest BCUT2D eigenvalue weighted by atomic mass is 32.2. The quantitative estimate of drug-likeness (QED) is 0.148. The molecule has 0 aromatic heterocycles. The predicted octanol–water partition coefficient (Wildman–Crippen LogP) is 6.29. The molecule has 2 atom stereocenters. The zero-order chi connectivity index (χ0) is 24.8. The number of carbonyl (C=O) groups is 2. The summed E-state index contributed by atoms with van der Waals surface area (Å²) in [5.74, 6) is -2.34. The Kier molecular flexibility index (Phi) is 8.09. The molecule has 0 amide bonds. The Morgan fingerprint density at radius 1 is 0.706 bits per heavy atom. The molecule has 0 saturated carbocycles. The second-order valence-electron chi connectivity index (χ2n) is 7.22. The molecule has 3 rings (SSSR count). The van der Waals surface area contributed by atoms with Crippen LogP contribution < -0.4 is 11.5 Å². The average Bonchev–Trinajstić information content (AvgIpc) is 2.82. The van der Waals surface area contributed by atoms with Crippen LogP contribution in [0, 0.1) is 0 Å². The van der Waals surface area contributed by atoms with E-state index >= 15 is 0 Å². The molecule has 0 aliphatic heterocycles. The van der Waals surface area contributed by atoms with Crippen LogP contribution in [0.3, 0.4) is 0 Å². The van der Waals surface area contributed by atoms with Gasteiger partial charge in [-0.3, -0.25) is 0 Å². The van der Waals surface area contributed by atoms with E-state index in [-0.39, 0.29) is 11.1 Å². The molecule has 3 aromatic rings. The zero-order valence-corrected chi connectivity index (χ0v) is 19.8. The molecular formula is C26H24N2O4S2. The summed E-state index contributed by atoms with van der Waals surface area (Å²) in [6.45, 7) is 7.82. The summed E-state index contributed by atoms with van der Waals surface area (Å²) in [5.41, 5.74) is 13.9. The lowest BCUT2D eigenvalue weighted by Crippen LogP contribution is -2.15. The number of aromatic carboxylic acids is 2. The molecule has 0 bridgehead atoms. The van der Waals surface area contributed by atoms with Crippen molar-refractivity contribution in [1.82, 2.24) is 0 Å². The molecule has 0 heterocycles. The molecule has 6 nitrogen and oxygen atoms in total. The molecule has 0 spiro atoms. The smallest absolute Gasteiger partial charge is 0.336 e. The highest BCUT2D eigenvalue weighted by Gasteiger charge is 2.30. The molecule has 174 valence electrons. The van der Waals surface area contributed by atoms with Crippen molar-refractivity contribution in [2.75, 3.05) is 11.5 Å². The van der Waals surface area contributed by atoms with Gasteiger partial charge in [0.1, 0.15) is 0 Å². The zero-order valence-electron chi connectivity index (χ0n) is 18.2. The molecule has 34 heavy (non-hydrogen) atoms. The SMILES string of the molecule is C=CC(Sc1ccccc1N)c1c(C(=O)O)ccc(C(=O)O)c1C(C=C)Sc1ccccc1N. The van der Waals surface area contributed by atoms with Crippen LogP contribution in [0.4, 0.5) is 11.4 Å². The number of hydrogen-bond acceptors (Lipinski definition) is 6. The number of thioether (sulfide) groups is 2. The van der Waals surface area contributed by atoms with Gasteiger partial charge in [0.15, 0.2) is 0 Å². The number of carboxylic acids is 2. The van der Waals surface area contributed by atoms with Crippen LogP contribution >= 0.6 is 23.5 Å². The van der Waals surface area contributed by atoms with E-state index in [1.54, 1.807) is 36.4 Å². The minimum absolute atomic E-state index is 0.0135. The van der Waals surface area contributed by atoms with Crippen molar-refractivity contribution in [2.45, 2.75) is 20.3 Å². The van der Waals surface area contributed by atoms with E-state index in [0.717, 1.165) is 9.79 Å². The van der Waals surface area contributed by atoms with E-state index in [2.05, 4.69) is 13.2 Å². The fourth-order valence-corrected chi connectivity index (χ4v) is 5.73. The molecule has 8 heteroatoms. The van der Waals surface area contributed by atoms with Gasteiger partial charge >= 0.3 is 11.9 Å². The van der Waals surface area contributed by atoms with E-state index < -0.39 is 22.4 Å². The fraction of sp³-hybridized carbons (Fsp3) is 0.0769. The number of rotatable bonds is 10. The lowest BCUT2D eigenvalue weighted by atomic mass is 9.91. The monoisotopic (exact) mass is 492 g/mol. The number of para-hydroxylation sites is 2. The molecule has 0 fully saturated rings. The van der Waals surface area contributed by atoms with Gasteiger partial charge in [-0.15, -0.1) is 36.7 Å². The predicted molar refractivity (Wildman–Crippen MR) is 140 cm³/mol. The molecule has 0 aliphatic carbocycles. The van der Waals surface area contributed by atoms with E-state index in [0.29, 0.717) is 22.5 Å². The van der Waals surface area contributed by atoms with Crippen molar-refractivity contribution >= 4 is 46.8 Å². The maximum atomic E-state index is 12.2. The second kappa shape index (κ2) is 11.0. The highest BCUT2D eigenvalue weighted by Crippen LogP contribution is 2.48. The third kappa shape index (κ3) is 5.30. The summed E-state index contributed by atoms with van der Waals surface area (Å²) in [5, 5.41) is 18.8. The van der Waals surface area contributed by atoms with Gasteiger partial charge in [0, 0.05) is 21.2 Å². The van der Waals surface area contributed by atoms with Gasteiger partial charge in [-0.25, -0.2) is 9.59 Å². The van der Waals surface area contributed by atoms with Crippen LogP contribution in [0.5, 0.6) is 0 Å². The van der Waals surface area contributed by atoms with Crippen LogP contribution in [0.1, 0.15) is 42.3 Å². The van der Waals surface area contributed by atoms with Crippen molar-refractivity contribution in [3.8, 4) is 0 Å². The van der Waals surface area contributed by atoms with Crippen molar-refractivity contribution in [1.29, 1.82) is 0 Å². The van der Waals surface area contributed by atoms with Crippen LogP contribution in [0.2, 0.25) is 0 Å². The van der Waals surface area contributed by atoms with Gasteiger partial charge in [-0.2, -0.15) is 0 Å². The normalized spacial score (nSPS) is 12.5. The number of nitrogens with two attached hydrogens (primary N) is 2. The fourth-order valence-electron chi connectivity index (χ4n) is 3.52. The summed E-state index contributed by atoms with van der Waals surface area (Å²) in [6, 6.07) is 17.0. The minimum Gasteiger partial charge on any atom is -0.478 e. The largest absolute Gasteiger partial charge is 0.478 e. The third-order valence-electron chi connectivity index (χ3n) is 5.09. The number of carboxylic acid groups (broad SMARTS) is 2. The van der Waals surface area contributed by atoms with Crippen molar-refractivity contribution in [3.63, 3.8) is 0 Å². The molecule has 0 saturated heterocycles. The first kappa shape index (κ1) is 25.0. The summed E-state index contributed by atoms with van der Waals surface area (Å²) < 4.78 is 0. The van der Waals surface area contributed by atoms with Crippen LogP contribution in [0.25, 0.3) is 0 Å². The topological polar surface area (TPSA) is 127 Å².